The molecule has 13 heteroatoms. The minimum atomic E-state index is -1.16. The SMILES string of the molecule is Cc1nccc(Oc2ccc(C[C@H](NC(=O)[C@@H]3Cc4cc5c(cc4CN3Cc3ccccn3)O[C@@H](c3ccc(OCc4ccc(Cl)c(Cl)c4)cc3)CO5)C(=O)O)cc2)c1C. The molecule has 0 aliphatic carbocycles. The number of carbonyl (C=O) groups is 2. The van der Waals surface area contributed by atoms with Crippen LogP contribution < -0.4 is 24.3 Å². The van der Waals surface area contributed by atoms with Gasteiger partial charge in [0.15, 0.2) is 17.6 Å². The number of pyridine rings is 2. The van der Waals surface area contributed by atoms with Crippen molar-refractivity contribution in [3.8, 4) is 28.7 Å². The van der Waals surface area contributed by atoms with Crippen LogP contribution in [0, 0.1) is 13.8 Å². The second kappa shape index (κ2) is 18.0. The number of fused-ring (bicyclic) bond motifs is 2. The lowest BCUT2D eigenvalue weighted by Gasteiger charge is -2.37. The molecule has 0 radical (unpaired) electrons. The highest BCUT2D eigenvalue weighted by molar-refractivity contribution is 6.42. The summed E-state index contributed by atoms with van der Waals surface area (Å²) in [7, 11) is 0. The Morgan fingerprint density at radius 2 is 1.63 bits per heavy atom. The number of carboxylic acids is 1. The fourth-order valence-corrected chi connectivity index (χ4v) is 7.64. The van der Waals surface area contributed by atoms with E-state index in [0.717, 1.165) is 44.8 Å². The molecule has 4 aromatic carbocycles. The molecular formula is C47H42Cl2N4O7. The van der Waals surface area contributed by atoms with Crippen LogP contribution in [-0.2, 0) is 42.1 Å². The molecule has 0 unspecified atom stereocenters. The van der Waals surface area contributed by atoms with Gasteiger partial charge in [-0.1, -0.05) is 59.6 Å². The van der Waals surface area contributed by atoms with Crippen molar-refractivity contribution >= 4 is 35.1 Å². The standard InChI is InChI=1S/C47H42Cl2N4O7/c1-28-29(2)50-18-16-42(28)59-37-11-6-30(7-12-37)20-40(47(55)56)52-46(54)41-21-33-22-43-44(23-34(33)24-53(41)25-35-5-3-4-17-51-35)60-45(27-58-43)32-9-13-36(14-10-32)57-26-31-8-15-38(48)39(49)19-31/h3-19,22-23,40-41,45H,20-21,24-27H2,1-2H3,(H,52,54)(H,55,56)/t40-,41-,45+/m0/s1. The van der Waals surface area contributed by atoms with Crippen molar-refractivity contribution < 1.29 is 33.6 Å². The van der Waals surface area contributed by atoms with E-state index in [1.54, 1.807) is 42.7 Å². The van der Waals surface area contributed by atoms with Crippen molar-refractivity contribution in [1.29, 1.82) is 0 Å². The molecule has 0 fully saturated rings. The summed E-state index contributed by atoms with van der Waals surface area (Å²) < 4.78 is 24.8. The van der Waals surface area contributed by atoms with E-state index in [0.29, 0.717) is 71.5 Å². The minimum absolute atomic E-state index is 0.0899. The van der Waals surface area contributed by atoms with Crippen LogP contribution in [-0.4, -0.2) is 50.5 Å². The first-order valence-corrected chi connectivity index (χ1v) is 20.3. The highest BCUT2D eigenvalue weighted by Gasteiger charge is 2.36. The number of nitrogens with one attached hydrogen (secondary N) is 1. The van der Waals surface area contributed by atoms with Gasteiger partial charge in [0, 0.05) is 43.2 Å². The summed E-state index contributed by atoms with van der Waals surface area (Å²) in [5, 5.41) is 14.1. The van der Waals surface area contributed by atoms with Gasteiger partial charge < -0.3 is 29.4 Å². The number of aliphatic carboxylic acids is 1. The van der Waals surface area contributed by atoms with E-state index in [1.807, 2.05) is 91.5 Å². The van der Waals surface area contributed by atoms with Gasteiger partial charge in [0.2, 0.25) is 5.91 Å². The number of carboxylic acid groups (broad SMARTS) is 1. The summed E-state index contributed by atoms with van der Waals surface area (Å²) >= 11 is 12.2. The quantitative estimate of drug-likeness (QED) is 0.116. The molecule has 0 saturated carbocycles. The Balaban J connectivity index is 0.948. The molecule has 2 aromatic heterocycles. The maximum Gasteiger partial charge on any atom is 0.326 e. The summed E-state index contributed by atoms with van der Waals surface area (Å²) in [6.45, 7) is 5.29. The zero-order valence-electron chi connectivity index (χ0n) is 32.9. The van der Waals surface area contributed by atoms with E-state index in [9.17, 15) is 14.7 Å². The van der Waals surface area contributed by atoms with E-state index in [4.69, 9.17) is 42.1 Å². The Hall–Kier alpha value is -6.14. The zero-order valence-corrected chi connectivity index (χ0v) is 34.5. The Morgan fingerprint density at radius 1 is 0.867 bits per heavy atom. The van der Waals surface area contributed by atoms with Crippen molar-refractivity contribution in [2.45, 2.75) is 64.6 Å². The van der Waals surface area contributed by atoms with Crippen molar-refractivity contribution in [2.24, 2.45) is 0 Å². The van der Waals surface area contributed by atoms with Crippen LogP contribution in [0.25, 0.3) is 0 Å². The molecule has 6 aromatic rings. The lowest BCUT2D eigenvalue weighted by atomic mass is 9.92. The van der Waals surface area contributed by atoms with E-state index in [2.05, 4.69) is 15.3 Å². The second-order valence-electron chi connectivity index (χ2n) is 14.9. The van der Waals surface area contributed by atoms with Gasteiger partial charge in [-0.15, -0.1) is 0 Å². The number of benzene rings is 4. The Labute approximate surface area is 357 Å². The summed E-state index contributed by atoms with van der Waals surface area (Å²) in [4.78, 5) is 37.5. The first-order chi connectivity index (χ1) is 29.1. The number of carbonyl (C=O) groups excluding carboxylic acids is 1. The molecule has 0 spiro atoms. The molecule has 306 valence electrons. The average molecular weight is 846 g/mol. The number of amides is 1. The summed E-state index contributed by atoms with van der Waals surface area (Å²) in [6.07, 6.45) is 3.49. The Bertz CT molecular complexity index is 2500. The molecule has 8 rings (SSSR count). The lowest BCUT2D eigenvalue weighted by Crippen LogP contribution is -2.54. The van der Waals surface area contributed by atoms with E-state index in [-0.39, 0.29) is 18.4 Å². The zero-order chi connectivity index (χ0) is 41.8. The number of aromatic nitrogens is 2. The first kappa shape index (κ1) is 40.6. The van der Waals surface area contributed by atoms with Crippen LogP contribution in [0.1, 0.15) is 50.9 Å². The normalized spacial score (nSPS) is 16.3. The average Bonchev–Trinajstić information content (AvgIpc) is 3.25. The highest BCUT2D eigenvalue weighted by Crippen LogP contribution is 2.41. The number of rotatable bonds is 13. The number of hydrogen-bond acceptors (Lipinski definition) is 9. The molecule has 60 heavy (non-hydrogen) atoms. The molecule has 0 bridgehead atoms. The van der Waals surface area contributed by atoms with Crippen LogP contribution in [0.4, 0.5) is 0 Å². The Morgan fingerprint density at radius 3 is 2.38 bits per heavy atom. The first-order valence-electron chi connectivity index (χ1n) is 19.5. The van der Waals surface area contributed by atoms with E-state index < -0.39 is 18.1 Å². The summed E-state index contributed by atoms with van der Waals surface area (Å²) in [6, 6.07) is 29.9. The van der Waals surface area contributed by atoms with Crippen molar-refractivity contribution in [3.05, 3.63) is 170 Å². The molecule has 2 aliphatic heterocycles. The van der Waals surface area contributed by atoms with Gasteiger partial charge in [-0.3, -0.25) is 19.7 Å². The van der Waals surface area contributed by atoms with E-state index in [1.165, 1.54) is 0 Å². The Kier molecular flexibility index (Phi) is 12.2. The van der Waals surface area contributed by atoms with Gasteiger partial charge in [0.05, 0.1) is 21.8 Å². The third kappa shape index (κ3) is 9.50. The number of hydrogen-bond donors (Lipinski definition) is 2. The predicted octanol–water partition coefficient (Wildman–Crippen LogP) is 9.02. The van der Waals surface area contributed by atoms with Crippen LogP contribution >= 0.6 is 23.2 Å². The van der Waals surface area contributed by atoms with Gasteiger partial charge in [0.1, 0.15) is 36.5 Å². The van der Waals surface area contributed by atoms with Crippen LogP contribution in [0.5, 0.6) is 28.7 Å². The molecule has 11 nitrogen and oxygen atoms in total. The van der Waals surface area contributed by atoms with E-state index >= 15 is 0 Å². The maximum atomic E-state index is 14.1. The smallest absolute Gasteiger partial charge is 0.326 e. The van der Waals surface area contributed by atoms with Gasteiger partial charge in [-0.05, 0) is 115 Å². The monoisotopic (exact) mass is 844 g/mol. The van der Waals surface area contributed by atoms with Gasteiger partial charge in [-0.2, -0.15) is 0 Å². The second-order valence-corrected chi connectivity index (χ2v) is 15.7. The van der Waals surface area contributed by atoms with Crippen LogP contribution in [0.2, 0.25) is 10.0 Å². The highest BCUT2D eigenvalue weighted by atomic mass is 35.5. The minimum Gasteiger partial charge on any atom is -0.489 e. The molecule has 4 heterocycles. The number of nitrogens with zero attached hydrogens (tertiary/aromatic N) is 3. The van der Waals surface area contributed by atoms with Crippen molar-refractivity contribution in [2.75, 3.05) is 6.61 Å². The third-order valence-electron chi connectivity index (χ3n) is 10.8. The number of aryl methyl sites for hydroxylation is 1. The van der Waals surface area contributed by atoms with Crippen molar-refractivity contribution in [3.63, 3.8) is 0 Å². The van der Waals surface area contributed by atoms with Crippen molar-refractivity contribution in [1.82, 2.24) is 20.2 Å². The van der Waals surface area contributed by atoms with Crippen LogP contribution in [0.3, 0.4) is 0 Å². The molecule has 2 N–H and O–H groups in total. The molecule has 1 amide bonds. The predicted molar refractivity (Wildman–Crippen MR) is 227 cm³/mol. The van der Waals surface area contributed by atoms with Crippen LogP contribution in [0.15, 0.2) is 116 Å². The largest absolute Gasteiger partial charge is 0.489 e. The molecular weight excluding hydrogens is 803 g/mol. The third-order valence-corrected chi connectivity index (χ3v) is 11.5. The number of halogens is 2. The maximum absolute atomic E-state index is 14.1. The fourth-order valence-electron chi connectivity index (χ4n) is 7.32. The fraction of sp³-hybridized carbons (Fsp3) is 0.234. The van der Waals surface area contributed by atoms with Gasteiger partial charge in [0.25, 0.3) is 0 Å². The summed E-state index contributed by atoms with van der Waals surface area (Å²) in [5.41, 5.74) is 7.10. The molecule has 0 saturated heterocycles. The summed E-state index contributed by atoms with van der Waals surface area (Å²) in [5.74, 6) is 1.70. The molecule has 3 atom stereocenters. The number of ether oxygens (including phenoxy) is 4. The van der Waals surface area contributed by atoms with Gasteiger partial charge >= 0.3 is 5.97 Å². The lowest BCUT2D eigenvalue weighted by molar-refractivity contribution is -0.142. The molecule has 2 aliphatic rings. The topological polar surface area (TPSA) is 132 Å². The van der Waals surface area contributed by atoms with Gasteiger partial charge in [-0.25, -0.2) is 4.79 Å².